The lowest BCUT2D eigenvalue weighted by Crippen LogP contribution is -2.43. The van der Waals surface area contributed by atoms with E-state index in [0.717, 1.165) is 13.0 Å². The molecule has 0 radical (unpaired) electrons. The van der Waals surface area contributed by atoms with E-state index in [9.17, 15) is 9.59 Å². The van der Waals surface area contributed by atoms with Crippen molar-refractivity contribution >= 4 is 11.8 Å². The summed E-state index contributed by atoms with van der Waals surface area (Å²) < 4.78 is 5.20. The quantitative estimate of drug-likeness (QED) is 0.711. The van der Waals surface area contributed by atoms with Crippen LogP contribution in [0.15, 0.2) is 0 Å². The van der Waals surface area contributed by atoms with E-state index < -0.39 is 0 Å². The first kappa shape index (κ1) is 14.3. The van der Waals surface area contributed by atoms with Gasteiger partial charge in [0.15, 0.2) is 0 Å². The summed E-state index contributed by atoms with van der Waals surface area (Å²) in [5.41, 5.74) is 0. The summed E-state index contributed by atoms with van der Waals surface area (Å²) in [4.78, 5) is 25.6. The van der Waals surface area contributed by atoms with E-state index in [2.05, 4.69) is 10.6 Å². The molecule has 2 heterocycles. The van der Waals surface area contributed by atoms with Gasteiger partial charge in [-0.25, -0.2) is 0 Å². The molecule has 6 heteroatoms. The first-order valence-corrected chi connectivity index (χ1v) is 7.05. The molecule has 108 valence electrons. The Hall–Kier alpha value is -1.14. The maximum absolute atomic E-state index is 11.9. The van der Waals surface area contributed by atoms with Crippen LogP contribution in [0.1, 0.15) is 19.8 Å². The molecule has 0 aromatic heterocycles. The first-order valence-electron chi connectivity index (χ1n) is 7.05. The summed E-state index contributed by atoms with van der Waals surface area (Å²) in [5.74, 6) is 0.201. The Kier molecular flexibility index (Phi) is 5.15. The SMILES string of the molecule is CC1NCCC1C(=O)NCCC(=O)N1CCOCC1. The molecule has 2 amide bonds. The van der Waals surface area contributed by atoms with Crippen molar-refractivity contribution in [2.45, 2.75) is 25.8 Å². The monoisotopic (exact) mass is 269 g/mol. The van der Waals surface area contributed by atoms with Crippen molar-refractivity contribution < 1.29 is 14.3 Å². The van der Waals surface area contributed by atoms with Crippen molar-refractivity contribution in [2.75, 3.05) is 39.4 Å². The number of amides is 2. The van der Waals surface area contributed by atoms with Gasteiger partial charge in [-0.2, -0.15) is 0 Å². The molecule has 2 aliphatic rings. The molecule has 0 aromatic rings. The molecule has 6 nitrogen and oxygen atoms in total. The van der Waals surface area contributed by atoms with Crippen LogP contribution >= 0.6 is 0 Å². The second-order valence-corrected chi connectivity index (χ2v) is 5.17. The molecule has 2 unspecified atom stereocenters. The third kappa shape index (κ3) is 3.91. The Morgan fingerprint density at radius 3 is 2.74 bits per heavy atom. The normalized spacial score (nSPS) is 27.3. The Balaban J connectivity index is 1.65. The molecule has 2 fully saturated rings. The van der Waals surface area contributed by atoms with Crippen LogP contribution in [0.4, 0.5) is 0 Å². The van der Waals surface area contributed by atoms with Gasteiger partial charge in [0.25, 0.3) is 0 Å². The standard InChI is InChI=1S/C13H23N3O3/c1-10-11(2-4-14-10)13(18)15-5-3-12(17)16-6-8-19-9-7-16/h10-11,14H,2-9H2,1H3,(H,15,18). The second-order valence-electron chi connectivity index (χ2n) is 5.17. The predicted octanol–water partition coefficient (Wildman–Crippen LogP) is -0.650. The van der Waals surface area contributed by atoms with Gasteiger partial charge >= 0.3 is 0 Å². The molecule has 19 heavy (non-hydrogen) atoms. The lowest BCUT2D eigenvalue weighted by Gasteiger charge is -2.27. The molecule has 0 saturated carbocycles. The Labute approximate surface area is 113 Å². The van der Waals surface area contributed by atoms with Gasteiger partial charge in [-0.3, -0.25) is 9.59 Å². The first-order chi connectivity index (χ1) is 9.18. The van der Waals surface area contributed by atoms with Gasteiger partial charge in [-0.1, -0.05) is 0 Å². The topological polar surface area (TPSA) is 70.7 Å². The van der Waals surface area contributed by atoms with E-state index in [4.69, 9.17) is 4.74 Å². The third-order valence-corrected chi connectivity index (χ3v) is 3.86. The van der Waals surface area contributed by atoms with Gasteiger partial charge in [0.2, 0.25) is 11.8 Å². The Morgan fingerprint density at radius 1 is 1.37 bits per heavy atom. The van der Waals surface area contributed by atoms with Gasteiger partial charge in [0, 0.05) is 32.1 Å². The molecule has 0 spiro atoms. The fourth-order valence-electron chi connectivity index (χ4n) is 2.61. The highest BCUT2D eigenvalue weighted by Gasteiger charge is 2.29. The molecule has 2 rings (SSSR count). The number of nitrogens with one attached hydrogen (secondary N) is 2. The largest absolute Gasteiger partial charge is 0.378 e. The number of rotatable bonds is 4. The molecule has 2 atom stereocenters. The van der Waals surface area contributed by atoms with E-state index in [1.807, 2.05) is 6.92 Å². The number of nitrogens with zero attached hydrogens (tertiary/aromatic N) is 1. The summed E-state index contributed by atoms with van der Waals surface area (Å²) in [6.45, 7) is 5.90. The van der Waals surface area contributed by atoms with Crippen LogP contribution in [-0.2, 0) is 14.3 Å². The van der Waals surface area contributed by atoms with E-state index in [1.165, 1.54) is 0 Å². The van der Waals surface area contributed by atoms with Crippen LogP contribution in [0.25, 0.3) is 0 Å². The van der Waals surface area contributed by atoms with Crippen molar-refractivity contribution in [3.63, 3.8) is 0 Å². The molecular formula is C13H23N3O3. The van der Waals surface area contributed by atoms with E-state index in [0.29, 0.717) is 39.3 Å². The lowest BCUT2D eigenvalue weighted by atomic mass is 10.0. The average molecular weight is 269 g/mol. The van der Waals surface area contributed by atoms with Crippen molar-refractivity contribution in [3.8, 4) is 0 Å². The molecule has 2 N–H and O–H groups in total. The van der Waals surface area contributed by atoms with Crippen LogP contribution in [0.2, 0.25) is 0 Å². The van der Waals surface area contributed by atoms with Crippen LogP contribution in [0.3, 0.4) is 0 Å². The summed E-state index contributed by atoms with van der Waals surface area (Å²) in [7, 11) is 0. The number of hydrogen-bond acceptors (Lipinski definition) is 4. The number of carbonyl (C=O) groups is 2. The zero-order chi connectivity index (χ0) is 13.7. The molecule has 0 aromatic carbocycles. The molecule has 0 bridgehead atoms. The third-order valence-electron chi connectivity index (χ3n) is 3.86. The van der Waals surface area contributed by atoms with Gasteiger partial charge in [-0.15, -0.1) is 0 Å². The second kappa shape index (κ2) is 6.86. The van der Waals surface area contributed by atoms with Crippen molar-refractivity contribution in [1.82, 2.24) is 15.5 Å². The number of carbonyl (C=O) groups excluding carboxylic acids is 2. The Bertz CT molecular complexity index is 329. The zero-order valence-corrected chi connectivity index (χ0v) is 11.5. The average Bonchev–Trinajstić information content (AvgIpc) is 2.86. The van der Waals surface area contributed by atoms with Gasteiger partial charge in [-0.05, 0) is 19.9 Å². The minimum Gasteiger partial charge on any atom is -0.378 e. The smallest absolute Gasteiger partial charge is 0.224 e. The molecule has 0 aliphatic carbocycles. The van der Waals surface area contributed by atoms with Gasteiger partial charge < -0.3 is 20.3 Å². The number of hydrogen-bond donors (Lipinski definition) is 2. The molecular weight excluding hydrogens is 246 g/mol. The molecule has 2 saturated heterocycles. The van der Waals surface area contributed by atoms with Gasteiger partial charge in [0.05, 0.1) is 19.1 Å². The van der Waals surface area contributed by atoms with Crippen molar-refractivity contribution in [1.29, 1.82) is 0 Å². The lowest BCUT2D eigenvalue weighted by molar-refractivity contribution is -0.135. The number of morpholine rings is 1. The van der Waals surface area contributed by atoms with Crippen LogP contribution in [0, 0.1) is 5.92 Å². The van der Waals surface area contributed by atoms with E-state index >= 15 is 0 Å². The fraction of sp³-hybridized carbons (Fsp3) is 0.846. The maximum atomic E-state index is 11.9. The summed E-state index contributed by atoms with van der Waals surface area (Å²) in [6, 6.07) is 0.231. The van der Waals surface area contributed by atoms with Crippen molar-refractivity contribution in [3.05, 3.63) is 0 Å². The minimum absolute atomic E-state index is 0.0403. The van der Waals surface area contributed by atoms with Crippen LogP contribution in [-0.4, -0.2) is 62.1 Å². The summed E-state index contributed by atoms with van der Waals surface area (Å²) >= 11 is 0. The fourth-order valence-corrected chi connectivity index (χ4v) is 2.61. The van der Waals surface area contributed by atoms with E-state index in [-0.39, 0.29) is 23.8 Å². The van der Waals surface area contributed by atoms with E-state index in [1.54, 1.807) is 4.90 Å². The summed E-state index contributed by atoms with van der Waals surface area (Å²) in [5, 5.41) is 6.12. The highest BCUT2D eigenvalue weighted by molar-refractivity contribution is 5.81. The highest BCUT2D eigenvalue weighted by Crippen LogP contribution is 2.14. The maximum Gasteiger partial charge on any atom is 0.224 e. The predicted molar refractivity (Wildman–Crippen MR) is 70.6 cm³/mol. The zero-order valence-electron chi connectivity index (χ0n) is 11.5. The minimum atomic E-state index is 0.0403. The highest BCUT2D eigenvalue weighted by atomic mass is 16.5. The van der Waals surface area contributed by atoms with Crippen molar-refractivity contribution in [2.24, 2.45) is 5.92 Å². The molecule has 2 aliphatic heterocycles. The van der Waals surface area contributed by atoms with Crippen LogP contribution < -0.4 is 10.6 Å². The number of ether oxygens (including phenoxy) is 1. The van der Waals surface area contributed by atoms with Crippen LogP contribution in [0.5, 0.6) is 0 Å². The Morgan fingerprint density at radius 2 is 2.11 bits per heavy atom. The van der Waals surface area contributed by atoms with Gasteiger partial charge in [0.1, 0.15) is 0 Å². The summed E-state index contributed by atoms with van der Waals surface area (Å²) in [6.07, 6.45) is 1.25.